The highest BCUT2D eigenvalue weighted by Crippen LogP contribution is 2.50. The van der Waals surface area contributed by atoms with Gasteiger partial charge < -0.3 is 20.5 Å². The van der Waals surface area contributed by atoms with Crippen molar-refractivity contribution in [3.8, 4) is 22.6 Å². The molecule has 0 radical (unpaired) electrons. The first-order valence-electron chi connectivity index (χ1n) is 13.8. The van der Waals surface area contributed by atoms with Crippen molar-refractivity contribution in [3.05, 3.63) is 81.9 Å². The third-order valence-electron chi connectivity index (χ3n) is 7.98. The molecule has 1 saturated carbocycles. The molecule has 1 amide bonds. The number of nitrogens with one attached hydrogen (secondary N) is 2. The number of ether oxygens (including phenoxy) is 2. The van der Waals surface area contributed by atoms with Crippen LogP contribution in [0.5, 0.6) is 11.5 Å². The van der Waals surface area contributed by atoms with Gasteiger partial charge in [0.15, 0.2) is 17.2 Å². The Balaban J connectivity index is 1.54. The van der Waals surface area contributed by atoms with Gasteiger partial charge in [-0.3, -0.25) is 4.79 Å². The zero-order valence-corrected chi connectivity index (χ0v) is 25.1. The predicted molar refractivity (Wildman–Crippen MR) is 156 cm³/mol. The van der Waals surface area contributed by atoms with Crippen molar-refractivity contribution in [3.63, 3.8) is 0 Å². The summed E-state index contributed by atoms with van der Waals surface area (Å²) in [5, 5.41) is 2.96. The molecule has 0 bridgehead atoms. The van der Waals surface area contributed by atoms with E-state index < -0.39 is 61.7 Å². The molecule has 0 unspecified atom stereocenters. The smallest absolute Gasteiger partial charge is 0.387 e. The van der Waals surface area contributed by atoms with Gasteiger partial charge in [-0.05, 0) is 43.4 Å². The van der Waals surface area contributed by atoms with E-state index >= 15 is 8.78 Å². The summed E-state index contributed by atoms with van der Waals surface area (Å²) in [5.41, 5.74) is 4.10. The second-order valence-electron chi connectivity index (χ2n) is 11.0. The summed E-state index contributed by atoms with van der Waals surface area (Å²) in [5.74, 6) is -4.27. The van der Waals surface area contributed by atoms with E-state index in [0.29, 0.717) is 31.2 Å². The van der Waals surface area contributed by atoms with Gasteiger partial charge in [0.1, 0.15) is 11.6 Å². The van der Waals surface area contributed by atoms with E-state index in [1.807, 2.05) is 18.2 Å². The first kappa shape index (κ1) is 32.0. The predicted octanol–water partition coefficient (Wildman–Crippen LogP) is 5.27. The highest BCUT2D eigenvalue weighted by Gasteiger charge is 2.44. The fourth-order valence-corrected chi connectivity index (χ4v) is 7.13. The summed E-state index contributed by atoms with van der Waals surface area (Å²) in [7, 11) is -3.33. The SMILES string of the molecule is CS(=O)(=O)NC1CCC(NC[C@@]2(c3ccccc3)Cc3c(cc(F)c(Cl)c3-c3c(C(N)=O)ccc(OC(F)F)c3F)O2)CC1. The third kappa shape index (κ3) is 6.65. The second kappa shape index (κ2) is 12.5. The molecule has 1 heterocycles. The Hall–Kier alpha value is -3.39. The van der Waals surface area contributed by atoms with Gasteiger partial charge in [0, 0.05) is 47.8 Å². The maximum absolute atomic E-state index is 15.8. The standard InChI is InChI=1S/C30H30ClF4N3O5S/c1-44(40,41)38-18-9-7-17(8-10-18)37-15-30(16-5-3-2-4-6-16)14-20-23(43-30)13-21(32)26(31)24(20)25-19(28(36)39)11-12-22(27(25)33)42-29(34)35/h2-6,11-13,17-18,29,37-38H,7-10,14-15H2,1H3,(H2,36,39)/t17?,18?,30-/m1/s1. The van der Waals surface area contributed by atoms with E-state index in [9.17, 15) is 22.0 Å². The molecule has 1 fully saturated rings. The number of sulfonamides is 1. The number of alkyl halides is 2. The Morgan fingerprint density at radius 3 is 2.36 bits per heavy atom. The van der Waals surface area contributed by atoms with Crippen molar-refractivity contribution in [2.24, 2.45) is 5.73 Å². The zero-order valence-electron chi connectivity index (χ0n) is 23.5. The molecule has 44 heavy (non-hydrogen) atoms. The van der Waals surface area contributed by atoms with Crippen molar-refractivity contribution < 1.29 is 40.2 Å². The number of benzene rings is 3. The molecule has 8 nitrogen and oxygen atoms in total. The largest absolute Gasteiger partial charge is 0.480 e. The van der Waals surface area contributed by atoms with Crippen molar-refractivity contribution >= 4 is 27.5 Å². The molecular formula is C30H30ClF4N3O5S. The molecule has 1 aliphatic heterocycles. The van der Waals surface area contributed by atoms with Crippen molar-refractivity contribution in [2.75, 3.05) is 12.8 Å². The molecule has 0 aromatic heterocycles. The van der Waals surface area contributed by atoms with E-state index in [-0.39, 0.29) is 41.9 Å². The van der Waals surface area contributed by atoms with Crippen LogP contribution in [0.25, 0.3) is 11.1 Å². The average Bonchev–Trinajstić information content (AvgIpc) is 3.33. The van der Waals surface area contributed by atoms with Gasteiger partial charge >= 0.3 is 6.61 Å². The normalized spacial score (nSPS) is 21.6. The van der Waals surface area contributed by atoms with Gasteiger partial charge in [0.25, 0.3) is 0 Å². The minimum Gasteiger partial charge on any atom is -0.480 e. The van der Waals surface area contributed by atoms with E-state index in [2.05, 4.69) is 14.8 Å². The van der Waals surface area contributed by atoms with Gasteiger partial charge in [-0.25, -0.2) is 21.9 Å². The van der Waals surface area contributed by atoms with Crippen LogP contribution in [0, 0.1) is 11.6 Å². The summed E-state index contributed by atoms with van der Waals surface area (Å²) in [6.07, 6.45) is 3.78. The van der Waals surface area contributed by atoms with Crippen LogP contribution in [0.2, 0.25) is 5.02 Å². The lowest BCUT2D eigenvalue weighted by Crippen LogP contribution is -2.48. The number of halogens is 5. The van der Waals surface area contributed by atoms with Crippen LogP contribution >= 0.6 is 11.6 Å². The number of hydrogen-bond donors (Lipinski definition) is 3. The van der Waals surface area contributed by atoms with E-state index in [1.54, 1.807) is 12.1 Å². The Labute approximate surface area is 256 Å². The van der Waals surface area contributed by atoms with E-state index in [0.717, 1.165) is 24.5 Å². The van der Waals surface area contributed by atoms with Crippen molar-refractivity contribution in [1.29, 1.82) is 0 Å². The highest BCUT2D eigenvalue weighted by atomic mass is 35.5. The highest BCUT2D eigenvalue weighted by molar-refractivity contribution is 7.88. The van der Waals surface area contributed by atoms with Crippen LogP contribution in [0.1, 0.15) is 47.2 Å². The van der Waals surface area contributed by atoms with Gasteiger partial charge in [-0.2, -0.15) is 8.78 Å². The summed E-state index contributed by atoms with van der Waals surface area (Å²) in [4.78, 5) is 12.4. The first-order valence-corrected chi connectivity index (χ1v) is 16.1. The van der Waals surface area contributed by atoms with E-state index in [4.69, 9.17) is 22.1 Å². The average molecular weight is 656 g/mol. The summed E-state index contributed by atoms with van der Waals surface area (Å²) < 4.78 is 93.9. The first-order chi connectivity index (χ1) is 20.8. The molecule has 1 atom stereocenters. The van der Waals surface area contributed by atoms with Gasteiger partial charge in [0.2, 0.25) is 15.9 Å². The van der Waals surface area contributed by atoms with Gasteiger partial charge in [-0.15, -0.1) is 0 Å². The Morgan fingerprint density at radius 1 is 1.09 bits per heavy atom. The molecule has 0 saturated heterocycles. The number of hydrogen-bond acceptors (Lipinski definition) is 6. The molecular weight excluding hydrogens is 626 g/mol. The maximum Gasteiger partial charge on any atom is 0.387 e. The van der Waals surface area contributed by atoms with Crippen LogP contribution in [0.15, 0.2) is 48.5 Å². The molecule has 236 valence electrons. The Morgan fingerprint density at radius 2 is 1.75 bits per heavy atom. The minimum absolute atomic E-state index is 0.0161. The van der Waals surface area contributed by atoms with Crippen LogP contribution in [-0.4, -0.2) is 45.8 Å². The molecule has 1 aliphatic carbocycles. The van der Waals surface area contributed by atoms with Crippen LogP contribution in [0.4, 0.5) is 17.6 Å². The third-order valence-corrected chi connectivity index (χ3v) is 9.11. The lowest BCUT2D eigenvalue weighted by atomic mass is 9.84. The molecule has 4 N–H and O–H groups in total. The van der Waals surface area contributed by atoms with Gasteiger partial charge in [0.05, 0.1) is 16.8 Å². The van der Waals surface area contributed by atoms with Crippen molar-refractivity contribution in [2.45, 2.75) is 56.4 Å². The molecule has 0 spiro atoms. The van der Waals surface area contributed by atoms with Crippen LogP contribution in [0.3, 0.4) is 0 Å². The Kier molecular flexibility index (Phi) is 9.13. The zero-order chi connectivity index (χ0) is 31.8. The monoisotopic (exact) mass is 655 g/mol. The number of carbonyl (C=O) groups is 1. The quantitative estimate of drug-likeness (QED) is 0.256. The number of carbonyl (C=O) groups excluding carboxylic acids is 1. The maximum atomic E-state index is 15.8. The Bertz CT molecular complexity index is 1670. The molecule has 2 aliphatic rings. The topological polar surface area (TPSA) is 120 Å². The summed E-state index contributed by atoms with van der Waals surface area (Å²) in [6.45, 7) is -3.15. The number of fused-ring (bicyclic) bond motifs is 1. The number of rotatable bonds is 10. The van der Waals surface area contributed by atoms with E-state index in [1.165, 1.54) is 0 Å². The van der Waals surface area contributed by atoms with Crippen LogP contribution < -0.4 is 25.2 Å². The second-order valence-corrected chi connectivity index (χ2v) is 13.2. The molecule has 3 aromatic carbocycles. The molecule has 14 heteroatoms. The fraction of sp³-hybridized carbons (Fsp3) is 0.367. The lowest BCUT2D eigenvalue weighted by Gasteiger charge is -2.34. The number of amides is 1. The van der Waals surface area contributed by atoms with Crippen molar-refractivity contribution in [1.82, 2.24) is 10.0 Å². The van der Waals surface area contributed by atoms with Crippen LogP contribution in [-0.2, 0) is 22.0 Å². The summed E-state index contributed by atoms with van der Waals surface area (Å²) >= 11 is 6.41. The summed E-state index contributed by atoms with van der Waals surface area (Å²) in [6, 6.07) is 11.8. The van der Waals surface area contributed by atoms with Gasteiger partial charge in [-0.1, -0.05) is 41.9 Å². The minimum atomic E-state index is -3.37. The number of primary amides is 1. The lowest BCUT2D eigenvalue weighted by molar-refractivity contribution is -0.0521. The molecule has 5 rings (SSSR count). The fourth-order valence-electron chi connectivity index (χ4n) is 6.02. The molecule has 3 aromatic rings. The number of nitrogens with two attached hydrogens (primary N) is 1.